The zero-order valence-corrected chi connectivity index (χ0v) is 10.4. The van der Waals surface area contributed by atoms with Gasteiger partial charge in [-0.2, -0.15) is 11.8 Å². The van der Waals surface area contributed by atoms with Crippen molar-refractivity contribution in [3.63, 3.8) is 0 Å². The third kappa shape index (κ3) is 3.85. The molecule has 0 spiro atoms. The van der Waals surface area contributed by atoms with Crippen LogP contribution in [0.2, 0.25) is 0 Å². The number of rotatable bonds is 3. The van der Waals surface area contributed by atoms with Crippen LogP contribution < -0.4 is 16.4 Å². The predicted octanol–water partition coefficient (Wildman–Crippen LogP) is 2.14. The van der Waals surface area contributed by atoms with Gasteiger partial charge in [-0.25, -0.2) is 4.79 Å². The Morgan fingerprint density at radius 3 is 3.12 bits per heavy atom. The van der Waals surface area contributed by atoms with Crippen molar-refractivity contribution in [2.24, 2.45) is 5.92 Å². The van der Waals surface area contributed by atoms with E-state index in [1.165, 1.54) is 12.2 Å². The summed E-state index contributed by atoms with van der Waals surface area (Å²) in [5.41, 5.74) is 7.01. The van der Waals surface area contributed by atoms with Crippen molar-refractivity contribution < 1.29 is 4.79 Å². The fraction of sp³-hybridized carbons (Fsp3) is 0.417. The molecule has 1 atom stereocenters. The molecule has 1 aromatic rings. The Morgan fingerprint density at radius 1 is 1.53 bits per heavy atom. The molecule has 1 saturated heterocycles. The Balaban J connectivity index is 1.76. The van der Waals surface area contributed by atoms with Crippen molar-refractivity contribution in [2.75, 3.05) is 29.1 Å². The van der Waals surface area contributed by atoms with Crippen LogP contribution in [-0.4, -0.2) is 24.1 Å². The lowest BCUT2D eigenvalue weighted by Gasteiger charge is -2.11. The Kier molecular flexibility index (Phi) is 4.14. The lowest BCUT2D eigenvalue weighted by atomic mass is 10.1. The van der Waals surface area contributed by atoms with Crippen molar-refractivity contribution in [3.05, 3.63) is 24.3 Å². The van der Waals surface area contributed by atoms with E-state index in [0.717, 1.165) is 18.0 Å². The van der Waals surface area contributed by atoms with Gasteiger partial charge in [0.05, 0.1) is 0 Å². The number of amides is 2. The van der Waals surface area contributed by atoms with Gasteiger partial charge in [0.2, 0.25) is 0 Å². The van der Waals surface area contributed by atoms with E-state index in [-0.39, 0.29) is 6.03 Å². The van der Waals surface area contributed by atoms with Gasteiger partial charge in [-0.05, 0) is 42.0 Å². The van der Waals surface area contributed by atoms with Crippen LogP contribution in [0.5, 0.6) is 0 Å². The summed E-state index contributed by atoms with van der Waals surface area (Å²) >= 11 is 1.95. The summed E-state index contributed by atoms with van der Waals surface area (Å²) in [5.74, 6) is 2.98. The molecule has 1 aliphatic rings. The number of carbonyl (C=O) groups excluding carboxylic acids is 1. The zero-order valence-electron chi connectivity index (χ0n) is 9.61. The van der Waals surface area contributed by atoms with Gasteiger partial charge < -0.3 is 16.4 Å². The number of carbonyl (C=O) groups is 1. The van der Waals surface area contributed by atoms with E-state index in [1.54, 1.807) is 12.1 Å². The second-order valence-electron chi connectivity index (χ2n) is 4.19. The normalized spacial score (nSPS) is 18.9. The standard InChI is InChI=1S/C12H17N3OS/c13-10-2-1-3-11(6-10)15-12(16)14-7-9-4-5-17-8-9/h1-3,6,9H,4-5,7-8,13H2,(H2,14,15,16). The molecule has 2 rings (SSSR count). The summed E-state index contributed by atoms with van der Waals surface area (Å²) in [6.07, 6.45) is 1.20. The highest BCUT2D eigenvalue weighted by Gasteiger charge is 2.15. The van der Waals surface area contributed by atoms with Crippen LogP contribution in [0, 0.1) is 5.92 Å². The minimum Gasteiger partial charge on any atom is -0.399 e. The molecule has 4 nitrogen and oxygen atoms in total. The first-order valence-electron chi connectivity index (χ1n) is 5.72. The van der Waals surface area contributed by atoms with Crippen LogP contribution in [-0.2, 0) is 0 Å². The predicted molar refractivity (Wildman–Crippen MR) is 73.3 cm³/mol. The Hall–Kier alpha value is -1.36. The number of nitrogen functional groups attached to an aromatic ring is 1. The molecule has 1 aromatic carbocycles. The summed E-state index contributed by atoms with van der Waals surface area (Å²) in [6, 6.07) is 7.01. The van der Waals surface area contributed by atoms with Gasteiger partial charge in [-0.1, -0.05) is 6.07 Å². The first kappa shape index (κ1) is 12.1. The van der Waals surface area contributed by atoms with Crippen LogP contribution >= 0.6 is 11.8 Å². The van der Waals surface area contributed by atoms with Gasteiger partial charge in [0, 0.05) is 17.9 Å². The molecule has 1 heterocycles. The molecule has 2 amide bonds. The van der Waals surface area contributed by atoms with Gasteiger partial charge in [0.1, 0.15) is 0 Å². The van der Waals surface area contributed by atoms with Gasteiger partial charge in [-0.3, -0.25) is 0 Å². The molecule has 5 heteroatoms. The zero-order chi connectivity index (χ0) is 12.1. The van der Waals surface area contributed by atoms with Crippen LogP contribution in [0.15, 0.2) is 24.3 Å². The van der Waals surface area contributed by atoms with E-state index >= 15 is 0 Å². The highest BCUT2D eigenvalue weighted by molar-refractivity contribution is 7.99. The first-order valence-corrected chi connectivity index (χ1v) is 6.87. The Morgan fingerprint density at radius 2 is 2.41 bits per heavy atom. The molecule has 92 valence electrons. The number of anilines is 2. The summed E-state index contributed by atoms with van der Waals surface area (Å²) in [4.78, 5) is 11.6. The molecule has 17 heavy (non-hydrogen) atoms. The maximum Gasteiger partial charge on any atom is 0.319 e. The Labute approximate surface area is 105 Å². The average molecular weight is 251 g/mol. The van der Waals surface area contributed by atoms with Gasteiger partial charge in [0.25, 0.3) is 0 Å². The molecule has 0 radical (unpaired) electrons. The number of hydrogen-bond acceptors (Lipinski definition) is 3. The molecule has 1 unspecified atom stereocenters. The van der Waals surface area contributed by atoms with Crippen molar-refractivity contribution in [1.82, 2.24) is 5.32 Å². The number of benzene rings is 1. The summed E-state index contributed by atoms with van der Waals surface area (Å²) in [6.45, 7) is 0.751. The van der Waals surface area contributed by atoms with Gasteiger partial charge >= 0.3 is 6.03 Å². The SMILES string of the molecule is Nc1cccc(NC(=O)NCC2CCSC2)c1. The van der Waals surface area contributed by atoms with E-state index in [9.17, 15) is 4.79 Å². The third-order valence-corrected chi connectivity index (χ3v) is 3.95. The molecular weight excluding hydrogens is 234 g/mol. The van der Waals surface area contributed by atoms with Crippen molar-refractivity contribution >= 4 is 29.2 Å². The number of urea groups is 1. The van der Waals surface area contributed by atoms with Crippen molar-refractivity contribution in [1.29, 1.82) is 0 Å². The van der Waals surface area contributed by atoms with E-state index in [2.05, 4.69) is 10.6 Å². The second-order valence-corrected chi connectivity index (χ2v) is 5.34. The molecule has 0 saturated carbocycles. The van der Waals surface area contributed by atoms with E-state index in [4.69, 9.17) is 5.73 Å². The smallest absolute Gasteiger partial charge is 0.319 e. The molecule has 0 aliphatic carbocycles. The molecule has 0 aromatic heterocycles. The fourth-order valence-electron chi connectivity index (χ4n) is 1.77. The number of thioether (sulfide) groups is 1. The second kappa shape index (κ2) is 5.82. The van der Waals surface area contributed by atoms with E-state index in [1.807, 2.05) is 23.9 Å². The van der Waals surface area contributed by atoms with Gasteiger partial charge in [-0.15, -0.1) is 0 Å². The lowest BCUT2D eigenvalue weighted by Crippen LogP contribution is -2.33. The van der Waals surface area contributed by atoms with Crippen molar-refractivity contribution in [2.45, 2.75) is 6.42 Å². The number of nitrogens with two attached hydrogens (primary N) is 1. The molecule has 4 N–H and O–H groups in total. The monoisotopic (exact) mass is 251 g/mol. The molecule has 1 aliphatic heterocycles. The van der Waals surface area contributed by atoms with Crippen LogP contribution in [0.1, 0.15) is 6.42 Å². The highest BCUT2D eigenvalue weighted by Crippen LogP contribution is 2.22. The number of hydrogen-bond donors (Lipinski definition) is 3. The van der Waals surface area contributed by atoms with Crippen LogP contribution in [0.4, 0.5) is 16.2 Å². The third-order valence-electron chi connectivity index (χ3n) is 2.72. The Bertz CT molecular complexity index is 391. The van der Waals surface area contributed by atoms with Crippen LogP contribution in [0.25, 0.3) is 0 Å². The fourth-order valence-corrected chi connectivity index (χ4v) is 3.06. The maximum absolute atomic E-state index is 11.6. The van der Waals surface area contributed by atoms with E-state index in [0.29, 0.717) is 11.6 Å². The number of nitrogens with one attached hydrogen (secondary N) is 2. The molecular formula is C12H17N3OS. The van der Waals surface area contributed by atoms with E-state index < -0.39 is 0 Å². The summed E-state index contributed by atoms with van der Waals surface area (Å²) in [7, 11) is 0. The topological polar surface area (TPSA) is 67.1 Å². The summed E-state index contributed by atoms with van der Waals surface area (Å²) in [5, 5.41) is 5.66. The summed E-state index contributed by atoms with van der Waals surface area (Å²) < 4.78 is 0. The lowest BCUT2D eigenvalue weighted by molar-refractivity contribution is 0.250. The largest absolute Gasteiger partial charge is 0.399 e. The highest BCUT2D eigenvalue weighted by atomic mass is 32.2. The quantitative estimate of drug-likeness (QED) is 0.721. The molecule has 1 fully saturated rings. The minimum absolute atomic E-state index is 0.160. The average Bonchev–Trinajstić information content (AvgIpc) is 2.79. The first-order chi connectivity index (χ1) is 8.24. The van der Waals surface area contributed by atoms with Crippen molar-refractivity contribution in [3.8, 4) is 0 Å². The molecule has 0 bridgehead atoms. The minimum atomic E-state index is -0.160. The van der Waals surface area contributed by atoms with Crippen LogP contribution in [0.3, 0.4) is 0 Å². The van der Waals surface area contributed by atoms with Gasteiger partial charge in [0.15, 0.2) is 0 Å². The maximum atomic E-state index is 11.6.